The van der Waals surface area contributed by atoms with Crippen LogP contribution in [0.15, 0.2) is 0 Å². The van der Waals surface area contributed by atoms with Crippen LogP contribution in [0.1, 0.15) is 26.7 Å². The molecular weight excluding hydrogens is 214 g/mol. The van der Waals surface area contributed by atoms with E-state index >= 15 is 0 Å². The first-order valence-electron chi connectivity index (χ1n) is 6.84. The summed E-state index contributed by atoms with van der Waals surface area (Å²) >= 11 is 0. The Morgan fingerprint density at radius 2 is 2.24 bits per heavy atom. The molecule has 0 aromatic rings. The van der Waals surface area contributed by atoms with Crippen LogP contribution in [0.4, 0.5) is 0 Å². The van der Waals surface area contributed by atoms with Crippen LogP contribution in [0.5, 0.6) is 0 Å². The van der Waals surface area contributed by atoms with Crippen molar-refractivity contribution in [1.82, 2.24) is 15.1 Å². The van der Waals surface area contributed by atoms with Gasteiger partial charge in [-0.15, -0.1) is 0 Å². The van der Waals surface area contributed by atoms with Gasteiger partial charge in [0.25, 0.3) is 0 Å². The standard InChI is InChI=1S/C13H25N3O/c1-3-16-8-4-7-15(9-12(16)17)11-13(2)5-6-14-10-13/h14H,3-11H2,1-2H3. The summed E-state index contributed by atoms with van der Waals surface area (Å²) in [4.78, 5) is 16.3. The minimum atomic E-state index is 0.305. The number of hydrogen-bond donors (Lipinski definition) is 1. The first-order valence-corrected chi connectivity index (χ1v) is 6.84. The molecule has 0 bridgehead atoms. The van der Waals surface area contributed by atoms with Crippen molar-refractivity contribution in [3.63, 3.8) is 0 Å². The summed E-state index contributed by atoms with van der Waals surface area (Å²) in [6, 6.07) is 0. The first-order chi connectivity index (χ1) is 8.13. The molecule has 2 rings (SSSR count). The number of hydrogen-bond acceptors (Lipinski definition) is 3. The number of carbonyl (C=O) groups excluding carboxylic acids is 1. The summed E-state index contributed by atoms with van der Waals surface area (Å²) < 4.78 is 0. The molecule has 1 unspecified atom stereocenters. The van der Waals surface area contributed by atoms with Gasteiger partial charge in [-0.2, -0.15) is 0 Å². The molecule has 2 fully saturated rings. The van der Waals surface area contributed by atoms with E-state index in [-0.39, 0.29) is 0 Å². The van der Waals surface area contributed by atoms with E-state index in [1.54, 1.807) is 0 Å². The lowest BCUT2D eigenvalue weighted by Crippen LogP contribution is -2.41. The molecule has 2 heterocycles. The van der Waals surface area contributed by atoms with Crippen molar-refractivity contribution in [2.75, 3.05) is 45.8 Å². The van der Waals surface area contributed by atoms with E-state index in [0.717, 1.165) is 45.7 Å². The normalized spacial score (nSPS) is 31.9. The summed E-state index contributed by atoms with van der Waals surface area (Å²) in [5, 5.41) is 3.43. The lowest BCUT2D eigenvalue weighted by Gasteiger charge is -2.30. The van der Waals surface area contributed by atoms with E-state index in [2.05, 4.69) is 24.1 Å². The molecule has 2 aliphatic heterocycles. The molecule has 2 saturated heterocycles. The number of likely N-dealkylation sites (N-methyl/N-ethyl adjacent to an activating group) is 1. The Bertz CT molecular complexity index is 274. The minimum absolute atomic E-state index is 0.305. The highest BCUT2D eigenvalue weighted by molar-refractivity contribution is 5.78. The number of nitrogens with zero attached hydrogens (tertiary/aromatic N) is 2. The van der Waals surface area contributed by atoms with Gasteiger partial charge >= 0.3 is 0 Å². The zero-order valence-corrected chi connectivity index (χ0v) is 11.2. The summed E-state index contributed by atoms with van der Waals surface area (Å²) in [6.45, 7) is 11.1. The molecular formula is C13H25N3O. The zero-order valence-electron chi connectivity index (χ0n) is 11.2. The van der Waals surface area contributed by atoms with Crippen molar-refractivity contribution in [2.45, 2.75) is 26.7 Å². The highest BCUT2D eigenvalue weighted by Gasteiger charge is 2.32. The van der Waals surface area contributed by atoms with E-state index in [0.29, 0.717) is 17.9 Å². The Hall–Kier alpha value is -0.610. The van der Waals surface area contributed by atoms with Gasteiger partial charge in [0, 0.05) is 32.7 Å². The predicted octanol–water partition coefficient (Wildman–Crippen LogP) is 0.540. The van der Waals surface area contributed by atoms with Crippen LogP contribution in [0.2, 0.25) is 0 Å². The third-order valence-corrected chi connectivity index (χ3v) is 4.06. The van der Waals surface area contributed by atoms with Crippen molar-refractivity contribution < 1.29 is 4.79 Å². The van der Waals surface area contributed by atoms with Gasteiger partial charge in [0.15, 0.2) is 0 Å². The zero-order chi connectivity index (χ0) is 12.3. The van der Waals surface area contributed by atoms with E-state index in [1.807, 2.05) is 4.90 Å². The Morgan fingerprint density at radius 3 is 2.88 bits per heavy atom. The molecule has 0 aromatic heterocycles. The second-order valence-corrected chi connectivity index (χ2v) is 5.78. The fourth-order valence-electron chi connectivity index (χ4n) is 2.99. The fraction of sp³-hybridized carbons (Fsp3) is 0.923. The van der Waals surface area contributed by atoms with Crippen LogP contribution in [0.3, 0.4) is 0 Å². The molecule has 4 heteroatoms. The van der Waals surface area contributed by atoms with Crippen LogP contribution in [0, 0.1) is 5.41 Å². The molecule has 0 saturated carbocycles. The van der Waals surface area contributed by atoms with Gasteiger partial charge in [0.1, 0.15) is 0 Å². The molecule has 4 nitrogen and oxygen atoms in total. The van der Waals surface area contributed by atoms with Crippen LogP contribution in [0.25, 0.3) is 0 Å². The fourth-order valence-corrected chi connectivity index (χ4v) is 2.99. The average Bonchev–Trinajstić information content (AvgIpc) is 2.62. The number of amides is 1. The van der Waals surface area contributed by atoms with Crippen molar-refractivity contribution >= 4 is 5.91 Å². The maximum atomic E-state index is 12.0. The summed E-state index contributed by atoms with van der Waals surface area (Å²) in [5.41, 5.74) is 0.363. The average molecular weight is 239 g/mol. The SMILES string of the molecule is CCN1CCCN(CC2(C)CCNC2)CC1=O. The topological polar surface area (TPSA) is 35.6 Å². The maximum Gasteiger partial charge on any atom is 0.236 e. The second kappa shape index (κ2) is 5.36. The molecule has 1 atom stereocenters. The quantitative estimate of drug-likeness (QED) is 0.781. The molecule has 0 radical (unpaired) electrons. The smallest absolute Gasteiger partial charge is 0.236 e. The molecule has 1 N–H and O–H groups in total. The number of carbonyl (C=O) groups is 1. The number of rotatable bonds is 3. The molecule has 0 spiro atoms. The van der Waals surface area contributed by atoms with Gasteiger partial charge in [-0.3, -0.25) is 9.69 Å². The first kappa shape index (κ1) is 12.8. The van der Waals surface area contributed by atoms with Crippen molar-refractivity contribution in [3.8, 4) is 0 Å². The van der Waals surface area contributed by atoms with Crippen LogP contribution in [-0.4, -0.2) is 61.5 Å². The lowest BCUT2D eigenvalue weighted by molar-refractivity contribution is -0.131. The summed E-state index contributed by atoms with van der Waals surface area (Å²) in [6.07, 6.45) is 2.35. The molecule has 0 aromatic carbocycles. The summed E-state index contributed by atoms with van der Waals surface area (Å²) in [7, 11) is 0. The van der Waals surface area contributed by atoms with E-state index < -0.39 is 0 Å². The molecule has 2 aliphatic rings. The van der Waals surface area contributed by atoms with E-state index in [9.17, 15) is 4.79 Å². The van der Waals surface area contributed by atoms with Gasteiger partial charge in [0.2, 0.25) is 5.91 Å². The Kier molecular flexibility index (Phi) is 4.05. The highest BCUT2D eigenvalue weighted by Crippen LogP contribution is 2.26. The van der Waals surface area contributed by atoms with Crippen LogP contribution < -0.4 is 5.32 Å². The Balaban J connectivity index is 1.91. The molecule has 17 heavy (non-hydrogen) atoms. The van der Waals surface area contributed by atoms with Gasteiger partial charge < -0.3 is 10.2 Å². The van der Waals surface area contributed by atoms with E-state index in [1.165, 1.54) is 6.42 Å². The summed E-state index contributed by atoms with van der Waals surface area (Å²) in [5.74, 6) is 0.305. The largest absolute Gasteiger partial charge is 0.342 e. The van der Waals surface area contributed by atoms with Gasteiger partial charge in [-0.05, 0) is 31.7 Å². The van der Waals surface area contributed by atoms with E-state index in [4.69, 9.17) is 0 Å². The van der Waals surface area contributed by atoms with Crippen molar-refractivity contribution in [3.05, 3.63) is 0 Å². The second-order valence-electron chi connectivity index (χ2n) is 5.78. The molecule has 1 amide bonds. The lowest BCUT2D eigenvalue weighted by atomic mass is 9.89. The maximum absolute atomic E-state index is 12.0. The predicted molar refractivity (Wildman–Crippen MR) is 68.9 cm³/mol. The Morgan fingerprint density at radius 1 is 1.41 bits per heavy atom. The molecule has 0 aliphatic carbocycles. The van der Waals surface area contributed by atoms with Gasteiger partial charge in [0.05, 0.1) is 6.54 Å². The number of nitrogens with one attached hydrogen (secondary N) is 1. The van der Waals surface area contributed by atoms with Crippen molar-refractivity contribution in [2.24, 2.45) is 5.41 Å². The monoisotopic (exact) mass is 239 g/mol. The van der Waals surface area contributed by atoms with Crippen LogP contribution in [-0.2, 0) is 4.79 Å². The van der Waals surface area contributed by atoms with Crippen LogP contribution >= 0.6 is 0 Å². The van der Waals surface area contributed by atoms with Gasteiger partial charge in [-0.25, -0.2) is 0 Å². The Labute approximate surface area is 104 Å². The minimum Gasteiger partial charge on any atom is -0.342 e. The third kappa shape index (κ3) is 3.19. The van der Waals surface area contributed by atoms with Gasteiger partial charge in [-0.1, -0.05) is 6.92 Å². The highest BCUT2D eigenvalue weighted by atomic mass is 16.2. The molecule has 98 valence electrons. The third-order valence-electron chi connectivity index (χ3n) is 4.06. The van der Waals surface area contributed by atoms with Crippen molar-refractivity contribution in [1.29, 1.82) is 0 Å².